The zero-order chi connectivity index (χ0) is 21.2. The van der Waals surface area contributed by atoms with Crippen molar-refractivity contribution in [1.29, 1.82) is 0 Å². The van der Waals surface area contributed by atoms with Crippen LogP contribution in [0.5, 0.6) is 5.75 Å². The van der Waals surface area contributed by atoms with Crippen LogP contribution in [0.15, 0.2) is 61.2 Å². The Hall–Kier alpha value is -3.12. The first kappa shape index (κ1) is 22.2. The van der Waals surface area contributed by atoms with Crippen LogP contribution in [0.2, 0.25) is 0 Å². The topological polar surface area (TPSA) is 69.1 Å². The van der Waals surface area contributed by atoms with E-state index in [1.54, 1.807) is 44.2 Å². The van der Waals surface area contributed by atoms with Crippen LogP contribution in [0.1, 0.15) is 29.8 Å². The fraction of sp³-hybridized carbons (Fsp3) is 0.304. The Morgan fingerprint density at radius 3 is 2.34 bits per heavy atom. The SMILES string of the molecule is C=CCOc1ccc(C[NH+](C)CC(=O)Nc2ccc(C(=O)OC(C)C)cc2)cc1. The summed E-state index contributed by atoms with van der Waals surface area (Å²) < 4.78 is 10.6. The number of amides is 1. The molecule has 29 heavy (non-hydrogen) atoms. The number of hydrogen-bond acceptors (Lipinski definition) is 4. The lowest BCUT2D eigenvalue weighted by Crippen LogP contribution is -3.08. The molecule has 2 N–H and O–H groups in total. The Labute approximate surface area is 172 Å². The Bertz CT molecular complexity index is 814. The molecule has 2 aromatic carbocycles. The highest BCUT2D eigenvalue weighted by molar-refractivity contribution is 5.93. The second kappa shape index (κ2) is 11.0. The monoisotopic (exact) mass is 397 g/mol. The van der Waals surface area contributed by atoms with E-state index in [0.29, 0.717) is 24.4 Å². The van der Waals surface area contributed by atoms with Gasteiger partial charge in [-0.3, -0.25) is 4.79 Å². The van der Waals surface area contributed by atoms with E-state index in [1.165, 1.54) is 0 Å². The molecule has 0 bridgehead atoms. The zero-order valence-corrected chi connectivity index (χ0v) is 17.2. The number of hydrogen-bond donors (Lipinski definition) is 2. The third kappa shape index (κ3) is 7.79. The van der Waals surface area contributed by atoms with Gasteiger partial charge >= 0.3 is 5.97 Å². The van der Waals surface area contributed by atoms with Crippen LogP contribution in [0.3, 0.4) is 0 Å². The third-order valence-electron chi connectivity index (χ3n) is 4.01. The molecule has 0 saturated heterocycles. The highest BCUT2D eigenvalue weighted by Crippen LogP contribution is 2.12. The minimum absolute atomic E-state index is 0.0917. The zero-order valence-electron chi connectivity index (χ0n) is 17.2. The standard InChI is InChI=1S/C23H28N2O4/c1-5-14-28-21-12-6-18(7-13-21)15-25(4)16-22(26)24-20-10-8-19(9-11-20)23(27)29-17(2)3/h5-13,17H,1,14-16H2,2-4H3,(H,24,26)/p+1. The van der Waals surface area contributed by atoms with Gasteiger partial charge in [0.15, 0.2) is 6.54 Å². The smallest absolute Gasteiger partial charge is 0.338 e. The fourth-order valence-electron chi connectivity index (χ4n) is 2.72. The molecule has 0 aliphatic heterocycles. The first-order chi connectivity index (χ1) is 13.9. The van der Waals surface area contributed by atoms with E-state index < -0.39 is 0 Å². The lowest BCUT2D eigenvalue weighted by molar-refractivity contribution is -0.885. The number of likely N-dealkylation sites (N-methyl/N-ethyl adjacent to an activating group) is 1. The van der Waals surface area contributed by atoms with Crippen molar-refractivity contribution < 1.29 is 24.0 Å². The van der Waals surface area contributed by atoms with Gasteiger partial charge in [-0.05, 0) is 62.4 Å². The third-order valence-corrected chi connectivity index (χ3v) is 4.01. The van der Waals surface area contributed by atoms with Gasteiger partial charge in [-0.1, -0.05) is 12.7 Å². The molecule has 0 fully saturated rings. The molecule has 6 nitrogen and oxygen atoms in total. The van der Waals surface area contributed by atoms with Crippen molar-refractivity contribution >= 4 is 17.6 Å². The molecular formula is C23H29N2O4+. The van der Waals surface area contributed by atoms with E-state index in [-0.39, 0.29) is 18.0 Å². The van der Waals surface area contributed by atoms with Gasteiger partial charge < -0.3 is 19.7 Å². The van der Waals surface area contributed by atoms with E-state index in [4.69, 9.17) is 9.47 Å². The number of ether oxygens (including phenoxy) is 2. The number of anilines is 1. The molecule has 0 aliphatic carbocycles. The molecule has 0 radical (unpaired) electrons. The van der Waals surface area contributed by atoms with E-state index in [1.807, 2.05) is 31.3 Å². The molecule has 0 saturated carbocycles. The van der Waals surface area contributed by atoms with Crippen LogP contribution in [-0.4, -0.2) is 38.2 Å². The Balaban J connectivity index is 1.82. The molecule has 1 unspecified atom stereocenters. The summed E-state index contributed by atoms with van der Waals surface area (Å²) in [6.07, 6.45) is 1.53. The average molecular weight is 397 g/mol. The summed E-state index contributed by atoms with van der Waals surface area (Å²) in [5, 5.41) is 2.86. The molecule has 0 aliphatic rings. The number of nitrogens with one attached hydrogen (secondary N) is 2. The summed E-state index contributed by atoms with van der Waals surface area (Å²) in [6, 6.07) is 14.5. The van der Waals surface area contributed by atoms with Gasteiger partial charge in [-0.25, -0.2) is 4.79 Å². The summed E-state index contributed by atoms with van der Waals surface area (Å²) in [7, 11) is 1.97. The number of carbonyl (C=O) groups excluding carboxylic acids is 2. The molecule has 0 aromatic heterocycles. The highest BCUT2D eigenvalue weighted by Gasteiger charge is 2.13. The van der Waals surface area contributed by atoms with Crippen molar-refractivity contribution in [3.63, 3.8) is 0 Å². The van der Waals surface area contributed by atoms with Crippen LogP contribution >= 0.6 is 0 Å². The van der Waals surface area contributed by atoms with Crippen molar-refractivity contribution in [3.05, 3.63) is 72.3 Å². The van der Waals surface area contributed by atoms with Crippen LogP contribution in [0.4, 0.5) is 5.69 Å². The lowest BCUT2D eigenvalue weighted by atomic mass is 10.2. The molecule has 1 amide bonds. The van der Waals surface area contributed by atoms with Crippen molar-refractivity contribution in [3.8, 4) is 5.75 Å². The minimum atomic E-state index is -0.372. The van der Waals surface area contributed by atoms with Gasteiger partial charge in [-0.2, -0.15) is 0 Å². The van der Waals surface area contributed by atoms with E-state index in [2.05, 4.69) is 11.9 Å². The predicted molar refractivity (Wildman–Crippen MR) is 113 cm³/mol. The number of benzene rings is 2. The first-order valence-electron chi connectivity index (χ1n) is 9.62. The largest absolute Gasteiger partial charge is 0.490 e. The van der Waals surface area contributed by atoms with Gasteiger partial charge in [0.05, 0.1) is 18.7 Å². The molecule has 0 spiro atoms. The second-order valence-corrected chi connectivity index (χ2v) is 7.13. The lowest BCUT2D eigenvalue weighted by Gasteiger charge is -2.14. The molecule has 6 heteroatoms. The predicted octanol–water partition coefficient (Wildman–Crippen LogP) is 2.47. The summed E-state index contributed by atoms with van der Waals surface area (Å²) >= 11 is 0. The van der Waals surface area contributed by atoms with Gasteiger partial charge in [-0.15, -0.1) is 0 Å². The van der Waals surface area contributed by atoms with E-state index in [9.17, 15) is 9.59 Å². The van der Waals surface area contributed by atoms with E-state index in [0.717, 1.165) is 22.8 Å². The quantitative estimate of drug-likeness (QED) is 0.477. The van der Waals surface area contributed by atoms with Crippen molar-refractivity contribution in [2.75, 3.05) is 25.5 Å². The van der Waals surface area contributed by atoms with Crippen LogP contribution in [-0.2, 0) is 16.1 Å². The Morgan fingerprint density at radius 2 is 1.76 bits per heavy atom. The van der Waals surface area contributed by atoms with Crippen LogP contribution in [0.25, 0.3) is 0 Å². The Kier molecular flexibility index (Phi) is 8.43. The molecule has 2 aromatic rings. The van der Waals surface area contributed by atoms with Crippen molar-refractivity contribution in [2.24, 2.45) is 0 Å². The Morgan fingerprint density at radius 1 is 1.10 bits per heavy atom. The number of rotatable bonds is 10. The van der Waals surface area contributed by atoms with Gasteiger partial charge in [0, 0.05) is 11.3 Å². The maximum atomic E-state index is 12.3. The maximum Gasteiger partial charge on any atom is 0.338 e. The highest BCUT2D eigenvalue weighted by atomic mass is 16.5. The molecule has 1 atom stereocenters. The molecule has 2 rings (SSSR count). The normalized spacial score (nSPS) is 11.6. The van der Waals surface area contributed by atoms with Crippen LogP contribution < -0.4 is 15.0 Å². The second-order valence-electron chi connectivity index (χ2n) is 7.13. The average Bonchev–Trinajstić information content (AvgIpc) is 2.67. The van der Waals surface area contributed by atoms with Crippen LogP contribution in [0, 0.1) is 0 Å². The van der Waals surface area contributed by atoms with Gasteiger partial charge in [0.2, 0.25) is 0 Å². The number of quaternary nitrogens is 1. The summed E-state index contributed by atoms with van der Waals surface area (Å²) in [4.78, 5) is 25.2. The first-order valence-corrected chi connectivity index (χ1v) is 9.62. The van der Waals surface area contributed by atoms with Crippen molar-refractivity contribution in [1.82, 2.24) is 0 Å². The van der Waals surface area contributed by atoms with Gasteiger partial charge in [0.25, 0.3) is 5.91 Å². The fourth-order valence-corrected chi connectivity index (χ4v) is 2.72. The summed E-state index contributed by atoms with van der Waals surface area (Å²) in [6.45, 7) is 8.75. The molecule has 0 heterocycles. The van der Waals surface area contributed by atoms with Gasteiger partial charge in [0.1, 0.15) is 18.9 Å². The summed E-state index contributed by atoms with van der Waals surface area (Å²) in [5.74, 6) is 0.332. The number of esters is 1. The maximum absolute atomic E-state index is 12.3. The molecular weight excluding hydrogens is 368 g/mol. The molecule has 154 valence electrons. The number of carbonyl (C=O) groups is 2. The minimum Gasteiger partial charge on any atom is -0.490 e. The summed E-state index contributed by atoms with van der Waals surface area (Å²) in [5.41, 5.74) is 2.22. The van der Waals surface area contributed by atoms with E-state index >= 15 is 0 Å². The van der Waals surface area contributed by atoms with Crippen molar-refractivity contribution in [2.45, 2.75) is 26.5 Å².